The highest BCUT2D eigenvalue weighted by atomic mass is 32.1. The van der Waals surface area contributed by atoms with Crippen LogP contribution in [0, 0.1) is 17.8 Å². The van der Waals surface area contributed by atoms with Gasteiger partial charge in [-0.25, -0.2) is 0 Å². The maximum Gasteiger partial charge on any atom is 0.265 e. The van der Waals surface area contributed by atoms with Crippen LogP contribution >= 0.6 is 11.3 Å². The van der Waals surface area contributed by atoms with Gasteiger partial charge in [-0.15, -0.1) is 11.3 Å². The molecule has 2 N–H and O–H groups in total. The van der Waals surface area contributed by atoms with E-state index in [1.165, 1.54) is 24.2 Å². The first kappa shape index (κ1) is 16.1. The Balaban J connectivity index is 2.23. The summed E-state index contributed by atoms with van der Waals surface area (Å²) in [5, 5.41) is 1.94. The van der Waals surface area contributed by atoms with Crippen LogP contribution in [-0.2, 0) is 0 Å². The standard InChI is InChI=1S/C17H24N2OS/c1-13(2)12-19(15-7-3-4-8-15)17(20)16-14(6-5-10-18)9-11-21-16/h9,11,13,15H,3-4,7-8,10,12,18H2,1-2H3. The topological polar surface area (TPSA) is 46.3 Å². The van der Waals surface area contributed by atoms with Crippen LogP contribution in [0.25, 0.3) is 0 Å². The van der Waals surface area contributed by atoms with E-state index in [0.717, 1.165) is 29.8 Å². The predicted molar refractivity (Wildman–Crippen MR) is 88.4 cm³/mol. The molecule has 1 amide bonds. The van der Waals surface area contributed by atoms with Gasteiger partial charge in [-0.3, -0.25) is 4.79 Å². The number of amides is 1. The van der Waals surface area contributed by atoms with E-state index in [1.54, 1.807) is 0 Å². The maximum absolute atomic E-state index is 12.9. The van der Waals surface area contributed by atoms with Crippen molar-refractivity contribution in [3.63, 3.8) is 0 Å². The van der Waals surface area contributed by atoms with Gasteiger partial charge in [0.15, 0.2) is 0 Å². The summed E-state index contributed by atoms with van der Waals surface area (Å²) >= 11 is 1.49. The van der Waals surface area contributed by atoms with Crippen LogP contribution in [0.3, 0.4) is 0 Å². The Hall–Kier alpha value is -1.31. The molecule has 2 rings (SSSR count). The third kappa shape index (κ3) is 4.09. The number of carbonyl (C=O) groups is 1. The second-order valence-electron chi connectivity index (χ2n) is 5.96. The summed E-state index contributed by atoms with van der Waals surface area (Å²) in [6.07, 6.45) is 4.73. The molecule has 1 saturated carbocycles. The van der Waals surface area contributed by atoms with Crippen LogP contribution in [-0.4, -0.2) is 29.9 Å². The maximum atomic E-state index is 12.9. The molecule has 1 fully saturated rings. The average Bonchev–Trinajstić information content (AvgIpc) is 3.12. The van der Waals surface area contributed by atoms with Gasteiger partial charge in [-0.2, -0.15) is 0 Å². The smallest absolute Gasteiger partial charge is 0.265 e. The van der Waals surface area contributed by atoms with Crippen molar-refractivity contribution in [3.05, 3.63) is 21.9 Å². The van der Waals surface area contributed by atoms with Crippen LogP contribution in [0.2, 0.25) is 0 Å². The van der Waals surface area contributed by atoms with E-state index < -0.39 is 0 Å². The van der Waals surface area contributed by atoms with E-state index in [0.29, 0.717) is 18.5 Å². The molecule has 1 aliphatic carbocycles. The quantitative estimate of drug-likeness (QED) is 0.869. The molecule has 1 aliphatic rings. The summed E-state index contributed by atoms with van der Waals surface area (Å²) in [6, 6.07) is 2.32. The zero-order chi connectivity index (χ0) is 15.2. The van der Waals surface area contributed by atoms with E-state index in [2.05, 4.69) is 30.6 Å². The van der Waals surface area contributed by atoms with E-state index >= 15 is 0 Å². The first-order valence-corrected chi connectivity index (χ1v) is 8.58. The van der Waals surface area contributed by atoms with Gasteiger partial charge in [0.25, 0.3) is 5.91 Å². The number of carbonyl (C=O) groups excluding carboxylic acids is 1. The fourth-order valence-corrected chi connectivity index (χ4v) is 3.66. The summed E-state index contributed by atoms with van der Waals surface area (Å²) in [5.41, 5.74) is 6.25. The van der Waals surface area contributed by atoms with E-state index in [-0.39, 0.29) is 5.91 Å². The van der Waals surface area contributed by atoms with E-state index in [1.807, 2.05) is 11.4 Å². The highest BCUT2D eigenvalue weighted by Crippen LogP contribution is 2.28. The zero-order valence-electron chi connectivity index (χ0n) is 12.9. The third-order valence-electron chi connectivity index (χ3n) is 3.77. The van der Waals surface area contributed by atoms with Crippen molar-refractivity contribution in [2.75, 3.05) is 13.1 Å². The minimum Gasteiger partial charge on any atom is -0.335 e. The summed E-state index contributed by atoms with van der Waals surface area (Å²) in [5.74, 6) is 6.49. The summed E-state index contributed by atoms with van der Waals surface area (Å²) in [7, 11) is 0. The molecule has 0 spiro atoms. The summed E-state index contributed by atoms with van der Waals surface area (Å²) in [4.78, 5) is 15.8. The van der Waals surface area contributed by atoms with Crippen molar-refractivity contribution in [2.45, 2.75) is 45.6 Å². The third-order valence-corrected chi connectivity index (χ3v) is 4.68. The first-order valence-electron chi connectivity index (χ1n) is 7.71. The van der Waals surface area contributed by atoms with Crippen LogP contribution in [0.15, 0.2) is 11.4 Å². The lowest BCUT2D eigenvalue weighted by Crippen LogP contribution is -2.41. The molecule has 4 heteroatoms. The largest absolute Gasteiger partial charge is 0.335 e. The first-order chi connectivity index (χ1) is 10.1. The molecule has 0 aliphatic heterocycles. The number of nitrogens with two attached hydrogens (primary N) is 1. The Morgan fingerprint density at radius 1 is 1.48 bits per heavy atom. The van der Waals surface area contributed by atoms with Gasteiger partial charge < -0.3 is 10.6 Å². The summed E-state index contributed by atoms with van der Waals surface area (Å²) < 4.78 is 0. The molecular weight excluding hydrogens is 280 g/mol. The average molecular weight is 304 g/mol. The van der Waals surface area contributed by atoms with Crippen molar-refractivity contribution >= 4 is 17.2 Å². The van der Waals surface area contributed by atoms with Gasteiger partial charge in [0, 0.05) is 18.2 Å². The van der Waals surface area contributed by atoms with Crippen LogP contribution in [0.1, 0.15) is 54.8 Å². The zero-order valence-corrected chi connectivity index (χ0v) is 13.7. The fourth-order valence-electron chi connectivity index (χ4n) is 2.86. The molecule has 0 unspecified atom stereocenters. The molecule has 0 bridgehead atoms. The van der Waals surface area contributed by atoms with Gasteiger partial charge in [-0.05, 0) is 30.2 Å². The molecule has 0 aromatic carbocycles. The monoisotopic (exact) mass is 304 g/mol. The van der Waals surface area contributed by atoms with Crippen molar-refractivity contribution in [1.29, 1.82) is 0 Å². The van der Waals surface area contributed by atoms with Crippen LogP contribution in [0.4, 0.5) is 0 Å². The molecule has 1 aromatic heterocycles. The van der Waals surface area contributed by atoms with Gasteiger partial charge in [-0.1, -0.05) is 38.5 Å². The summed E-state index contributed by atoms with van der Waals surface area (Å²) in [6.45, 7) is 5.48. The Bertz CT molecular complexity index is 532. The van der Waals surface area contributed by atoms with Crippen molar-refractivity contribution < 1.29 is 4.79 Å². The lowest BCUT2D eigenvalue weighted by atomic mass is 10.1. The SMILES string of the molecule is CC(C)CN(C(=O)c1sccc1C#CCN)C1CCCC1. The lowest BCUT2D eigenvalue weighted by Gasteiger charge is -2.30. The second-order valence-corrected chi connectivity index (χ2v) is 6.88. The minimum absolute atomic E-state index is 0.145. The fraction of sp³-hybridized carbons (Fsp3) is 0.588. The van der Waals surface area contributed by atoms with Crippen molar-refractivity contribution in [2.24, 2.45) is 11.7 Å². The Labute approximate surface area is 131 Å². The molecule has 1 heterocycles. The van der Waals surface area contributed by atoms with Crippen LogP contribution < -0.4 is 5.73 Å². The minimum atomic E-state index is 0.145. The van der Waals surface area contributed by atoms with Crippen molar-refractivity contribution in [1.82, 2.24) is 4.90 Å². The van der Waals surface area contributed by atoms with E-state index in [9.17, 15) is 4.79 Å². The van der Waals surface area contributed by atoms with Gasteiger partial charge >= 0.3 is 0 Å². The molecule has 0 atom stereocenters. The number of hydrogen-bond acceptors (Lipinski definition) is 3. The highest BCUT2D eigenvalue weighted by Gasteiger charge is 2.29. The molecule has 0 saturated heterocycles. The van der Waals surface area contributed by atoms with Gasteiger partial charge in [0.2, 0.25) is 0 Å². The van der Waals surface area contributed by atoms with Crippen LogP contribution in [0.5, 0.6) is 0 Å². The Morgan fingerprint density at radius 3 is 2.81 bits per heavy atom. The molecule has 3 nitrogen and oxygen atoms in total. The number of rotatable bonds is 4. The molecule has 114 valence electrons. The van der Waals surface area contributed by atoms with E-state index in [4.69, 9.17) is 5.73 Å². The highest BCUT2D eigenvalue weighted by molar-refractivity contribution is 7.12. The predicted octanol–water partition coefficient (Wildman–Crippen LogP) is 3.10. The molecule has 0 radical (unpaired) electrons. The number of hydrogen-bond donors (Lipinski definition) is 1. The normalized spacial score (nSPS) is 15.0. The van der Waals surface area contributed by atoms with Gasteiger partial charge in [0.05, 0.1) is 6.54 Å². The molecule has 1 aromatic rings. The molecule has 21 heavy (non-hydrogen) atoms. The second kappa shape index (κ2) is 7.63. The van der Waals surface area contributed by atoms with Gasteiger partial charge in [0.1, 0.15) is 4.88 Å². The number of thiophene rings is 1. The Kier molecular flexibility index (Phi) is 5.84. The van der Waals surface area contributed by atoms with Crippen molar-refractivity contribution in [3.8, 4) is 11.8 Å². The Morgan fingerprint density at radius 2 is 2.19 bits per heavy atom. The number of nitrogens with zero attached hydrogens (tertiary/aromatic N) is 1. The lowest BCUT2D eigenvalue weighted by molar-refractivity contribution is 0.0660. The molecular formula is C17H24N2OS.